The predicted molar refractivity (Wildman–Crippen MR) is 65.5 cm³/mol. The first-order valence-corrected chi connectivity index (χ1v) is 6.03. The van der Waals surface area contributed by atoms with Crippen molar-refractivity contribution >= 4 is 5.78 Å². The molecule has 1 unspecified atom stereocenters. The average molecular weight is 220 g/mol. The minimum Gasteiger partial charge on any atom is -0.385 e. The van der Waals surface area contributed by atoms with Crippen molar-refractivity contribution in [3.05, 3.63) is 35.9 Å². The normalized spacial score (nSPS) is 12.4. The van der Waals surface area contributed by atoms with E-state index in [1.165, 1.54) is 12.8 Å². The summed E-state index contributed by atoms with van der Waals surface area (Å²) in [5.74, 6) is -0.155. The van der Waals surface area contributed by atoms with Crippen LogP contribution in [0.15, 0.2) is 30.3 Å². The monoisotopic (exact) mass is 220 g/mol. The van der Waals surface area contributed by atoms with Crippen molar-refractivity contribution in [2.75, 3.05) is 0 Å². The van der Waals surface area contributed by atoms with Crippen molar-refractivity contribution in [1.82, 2.24) is 0 Å². The Morgan fingerprint density at radius 1 is 1.19 bits per heavy atom. The maximum atomic E-state index is 11.8. The van der Waals surface area contributed by atoms with Gasteiger partial charge in [-0.05, 0) is 6.42 Å². The van der Waals surface area contributed by atoms with Gasteiger partial charge in [0.1, 0.15) is 6.10 Å². The number of carbonyl (C=O) groups is 1. The third-order valence-electron chi connectivity index (χ3n) is 2.69. The van der Waals surface area contributed by atoms with E-state index in [4.69, 9.17) is 0 Å². The molecular weight excluding hydrogens is 200 g/mol. The molecular formula is C14H20O2. The van der Waals surface area contributed by atoms with Gasteiger partial charge in [-0.2, -0.15) is 0 Å². The lowest BCUT2D eigenvalue weighted by atomic mass is 10.0. The average Bonchev–Trinajstić information content (AvgIpc) is 2.34. The molecule has 0 bridgehead atoms. The molecule has 0 spiro atoms. The van der Waals surface area contributed by atoms with E-state index in [-0.39, 0.29) is 5.78 Å². The Bertz CT molecular complexity index is 306. The predicted octanol–water partition coefficient (Wildman–Crippen LogP) is 3.20. The van der Waals surface area contributed by atoms with Gasteiger partial charge in [0.2, 0.25) is 0 Å². The van der Waals surface area contributed by atoms with Crippen molar-refractivity contribution in [3.8, 4) is 0 Å². The molecule has 0 aliphatic heterocycles. The van der Waals surface area contributed by atoms with Crippen LogP contribution in [0.5, 0.6) is 0 Å². The largest absolute Gasteiger partial charge is 0.385 e. The molecule has 1 aromatic carbocycles. The van der Waals surface area contributed by atoms with Crippen LogP contribution in [0, 0.1) is 0 Å². The van der Waals surface area contributed by atoms with E-state index < -0.39 is 6.10 Å². The number of unbranched alkanes of at least 4 members (excludes halogenated alkanes) is 3. The molecule has 2 nitrogen and oxygen atoms in total. The minimum absolute atomic E-state index is 0.155. The zero-order valence-corrected chi connectivity index (χ0v) is 9.86. The van der Waals surface area contributed by atoms with Crippen LogP contribution in [-0.2, 0) is 0 Å². The fraction of sp³-hybridized carbons (Fsp3) is 0.500. The minimum atomic E-state index is -0.834. The fourth-order valence-electron chi connectivity index (χ4n) is 1.69. The van der Waals surface area contributed by atoms with E-state index >= 15 is 0 Å². The van der Waals surface area contributed by atoms with Crippen LogP contribution in [0.1, 0.15) is 49.4 Å². The number of rotatable bonds is 7. The Hall–Kier alpha value is -1.15. The van der Waals surface area contributed by atoms with Gasteiger partial charge in [-0.3, -0.25) is 4.79 Å². The van der Waals surface area contributed by atoms with Crippen molar-refractivity contribution < 1.29 is 9.90 Å². The van der Waals surface area contributed by atoms with Crippen LogP contribution >= 0.6 is 0 Å². The van der Waals surface area contributed by atoms with Crippen LogP contribution in [-0.4, -0.2) is 17.0 Å². The molecule has 0 saturated heterocycles. The highest BCUT2D eigenvalue weighted by Crippen LogP contribution is 2.10. The smallest absolute Gasteiger partial charge is 0.191 e. The van der Waals surface area contributed by atoms with E-state index in [0.717, 1.165) is 12.8 Å². The number of ketones is 1. The van der Waals surface area contributed by atoms with Crippen LogP contribution < -0.4 is 0 Å². The van der Waals surface area contributed by atoms with Crippen LogP contribution in [0.25, 0.3) is 0 Å². The molecule has 0 aliphatic carbocycles. The van der Waals surface area contributed by atoms with Gasteiger partial charge in [0.05, 0.1) is 0 Å². The second kappa shape index (κ2) is 7.18. The standard InChI is InChI=1S/C14H20O2/c1-2-3-4-8-11-13(15)14(16)12-9-6-5-7-10-12/h5-7,9-10,13,15H,2-4,8,11H2,1H3. The number of aliphatic hydroxyl groups excluding tert-OH is 1. The van der Waals surface area contributed by atoms with Gasteiger partial charge in [0.25, 0.3) is 0 Å². The lowest BCUT2D eigenvalue weighted by Gasteiger charge is -2.09. The summed E-state index contributed by atoms with van der Waals surface area (Å²) in [7, 11) is 0. The van der Waals surface area contributed by atoms with Crippen LogP contribution in [0.2, 0.25) is 0 Å². The first-order chi connectivity index (χ1) is 7.75. The van der Waals surface area contributed by atoms with Gasteiger partial charge in [-0.25, -0.2) is 0 Å². The van der Waals surface area contributed by atoms with E-state index in [0.29, 0.717) is 12.0 Å². The Kier molecular flexibility index (Phi) is 5.79. The van der Waals surface area contributed by atoms with Gasteiger partial charge < -0.3 is 5.11 Å². The third kappa shape index (κ3) is 4.15. The van der Waals surface area contributed by atoms with Gasteiger partial charge >= 0.3 is 0 Å². The van der Waals surface area contributed by atoms with Gasteiger partial charge in [-0.1, -0.05) is 62.9 Å². The summed E-state index contributed by atoms with van der Waals surface area (Å²) in [6.45, 7) is 2.14. The van der Waals surface area contributed by atoms with Gasteiger partial charge in [0.15, 0.2) is 5.78 Å². The SMILES string of the molecule is CCCCCCC(O)C(=O)c1ccccc1. The molecule has 1 N–H and O–H groups in total. The number of aliphatic hydroxyl groups is 1. The Labute approximate surface area is 97.3 Å². The van der Waals surface area contributed by atoms with Crippen molar-refractivity contribution in [1.29, 1.82) is 0 Å². The lowest BCUT2D eigenvalue weighted by molar-refractivity contribution is 0.0725. The highest BCUT2D eigenvalue weighted by atomic mass is 16.3. The number of hydrogen-bond acceptors (Lipinski definition) is 2. The van der Waals surface area contributed by atoms with Gasteiger partial charge in [-0.15, -0.1) is 0 Å². The summed E-state index contributed by atoms with van der Waals surface area (Å²) in [4.78, 5) is 11.8. The zero-order chi connectivity index (χ0) is 11.8. The molecule has 0 aliphatic rings. The van der Waals surface area contributed by atoms with Crippen molar-refractivity contribution in [2.45, 2.75) is 45.1 Å². The first-order valence-electron chi connectivity index (χ1n) is 6.03. The fourth-order valence-corrected chi connectivity index (χ4v) is 1.69. The number of Topliss-reactive ketones (excluding diaryl/α,β-unsaturated/α-hetero) is 1. The first kappa shape index (κ1) is 12.9. The zero-order valence-electron chi connectivity index (χ0n) is 9.86. The molecule has 88 valence electrons. The molecule has 2 heteroatoms. The quantitative estimate of drug-likeness (QED) is 0.566. The topological polar surface area (TPSA) is 37.3 Å². The Morgan fingerprint density at radius 2 is 1.88 bits per heavy atom. The molecule has 0 radical (unpaired) electrons. The maximum Gasteiger partial charge on any atom is 0.191 e. The molecule has 1 atom stereocenters. The molecule has 0 aromatic heterocycles. The second-order valence-corrected chi connectivity index (χ2v) is 4.10. The van der Waals surface area contributed by atoms with Crippen molar-refractivity contribution in [3.63, 3.8) is 0 Å². The third-order valence-corrected chi connectivity index (χ3v) is 2.69. The molecule has 0 heterocycles. The maximum absolute atomic E-state index is 11.8. The summed E-state index contributed by atoms with van der Waals surface area (Å²) in [6.07, 6.45) is 4.10. The summed E-state index contributed by atoms with van der Waals surface area (Å²) in [5.41, 5.74) is 0.602. The van der Waals surface area contributed by atoms with Gasteiger partial charge in [0, 0.05) is 5.56 Å². The molecule has 0 fully saturated rings. The summed E-state index contributed by atoms with van der Waals surface area (Å²) < 4.78 is 0. The lowest BCUT2D eigenvalue weighted by Crippen LogP contribution is -2.20. The number of benzene rings is 1. The van der Waals surface area contributed by atoms with Crippen molar-refractivity contribution in [2.24, 2.45) is 0 Å². The van der Waals surface area contributed by atoms with E-state index in [1.807, 2.05) is 18.2 Å². The molecule has 0 saturated carbocycles. The molecule has 1 aromatic rings. The number of carbonyl (C=O) groups excluding carboxylic acids is 1. The van der Waals surface area contributed by atoms with E-state index in [1.54, 1.807) is 12.1 Å². The Morgan fingerprint density at radius 3 is 2.50 bits per heavy atom. The molecule has 16 heavy (non-hydrogen) atoms. The molecule has 1 rings (SSSR count). The van der Waals surface area contributed by atoms with E-state index in [9.17, 15) is 9.90 Å². The van der Waals surface area contributed by atoms with E-state index in [2.05, 4.69) is 6.92 Å². The highest BCUT2D eigenvalue weighted by molar-refractivity contribution is 5.99. The summed E-state index contributed by atoms with van der Waals surface area (Å²) >= 11 is 0. The summed E-state index contributed by atoms with van der Waals surface area (Å²) in [5, 5.41) is 9.72. The molecule has 0 amide bonds. The van der Waals surface area contributed by atoms with Crippen LogP contribution in [0.4, 0.5) is 0 Å². The number of hydrogen-bond donors (Lipinski definition) is 1. The Balaban J connectivity index is 2.37. The summed E-state index contributed by atoms with van der Waals surface area (Å²) in [6, 6.07) is 8.99. The van der Waals surface area contributed by atoms with Crippen LogP contribution in [0.3, 0.4) is 0 Å². The second-order valence-electron chi connectivity index (χ2n) is 4.10. The highest BCUT2D eigenvalue weighted by Gasteiger charge is 2.15.